The van der Waals surface area contributed by atoms with E-state index in [-0.39, 0.29) is 0 Å². The van der Waals surface area contributed by atoms with Crippen LogP contribution in [0.2, 0.25) is 0 Å². The number of amidine groups is 1. The van der Waals surface area contributed by atoms with Crippen molar-refractivity contribution in [3.63, 3.8) is 0 Å². The van der Waals surface area contributed by atoms with Crippen LogP contribution in [0.15, 0.2) is 4.99 Å². The first-order chi connectivity index (χ1) is 8.35. The van der Waals surface area contributed by atoms with Gasteiger partial charge in [0, 0.05) is 30.4 Å². The van der Waals surface area contributed by atoms with Crippen molar-refractivity contribution in [2.24, 2.45) is 4.99 Å². The normalized spacial score (nSPS) is 34.1. The van der Waals surface area contributed by atoms with Gasteiger partial charge in [0.2, 0.25) is 0 Å². The fourth-order valence-electron chi connectivity index (χ4n) is 2.82. The van der Waals surface area contributed by atoms with Crippen LogP contribution in [0.4, 0.5) is 0 Å². The summed E-state index contributed by atoms with van der Waals surface area (Å²) in [7, 11) is 0. The van der Waals surface area contributed by atoms with Crippen molar-refractivity contribution in [1.29, 1.82) is 0 Å². The van der Waals surface area contributed by atoms with Gasteiger partial charge in [-0.25, -0.2) is 0 Å². The molecule has 3 nitrogen and oxygen atoms in total. The van der Waals surface area contributed by atoms with Crippen molar-refractivity contribution in [3.05, 3.63) is 0 Å². The maximum Gasteiger partial charge on any atom is 0.157 e. The fourth-order valence-corrected chi connectivity index (χ4v) is 4.02. The second-order valence-corrected chi connectivity index (χ2v) is 6.82. The van der Waals surface area contributed by atoms with Crippen molar-refractivity contribution in [2.45, 2.75) is 56.4 Å². The Morgan fingerprint density at radius 3 is 3.06 bits per heavy atom. The van der Waals surface area contributed by atoms with Crippen LogP contribution in [0.1, 0.15) is 39.0 Å². The zero-order valence-electron chi connectivity index (χ0n) is 10.7. The predicted molar refractivity (Wildman–Crippen MR) is 74.7 cm³/mol. The van der Waals surface area contributed by atoms with Gasteiger partial charge in [-0.15, -0.1) is 0 Å². The lowest BCUT2D eigenvalue weighted by Gasteiger charge is -2.16. The van der Waals surface area contributed by atoms with Gasteiger partial charge >= 0.3 is 0 Å². The molecule has 2 atom stereocenters. The molecule has 1 aliphatic carbocycles. The molecular formula is C13H23N3S. The average Bonchev–Trinajstić information content (AvgIpc) is 2.92. The number of rotatable bonds is 4. The monoisotopic (exact) mass is 253 g/mol. The first kappa shape index (κ1) is 11.8. The number of likely N-dealkylation sites (tertiary alicyclic amines) is 1. The molecule has 2 aliphatic heterocycles. The van der Waals surface area contributed by atoms with E-state index in [0.29, 0.717) is 6.04 Å². The van der Waals surface area contributed by atoms with E-state index in [1.807, 2.05) is 11.8 Å². The zero-order chi connectivity index (χ0) is 11.7. The predicted octanol–water partition coefficient (Wildman–Crippen LogP) is 2.08. The molecule has 4 heteroatoms. The van der Waals surface area contributed by atoms with Crippen LogP contribution in [0, 0.1) is 0 Å². The average molecular weight is 253 g/mol. The lowest BCUT2D eigenvalue weighted by molar-refractivity contribution is 0.322. The first-order valence-electron chi connectivity index (χ1n) is 7.07. The molecule has 0 amide bonds. The third-order valence-electron chi connectivity index (χ3n) is 3.94. The van der Waals surface area contributed by atoms with Crippen LogP contribution in [0.5, 0.6) is 0 Å². The van der Waals surface area contributed by atoms with Crippen molar-refractivity contribution in [2.75, 3.05) is 19.6 Å². The van der Waals surface area contributed by atoms with Crippen molar-refractivity contribution in [3.8, 4) is 0 Å². The summed E-state index contributed by atoms with van der Waals surface area (Å²) in [6, 6.07) is 1.58. The van der Waals surface area contributed by atoms with Crippen molar-refractivity contribution in [1.82, 2.24) is 10.2 Å². The summed E-state index contributed by atoms with van der Waals surface area (Å²) in [5, 5.41) is 5.60. The van der Waals surface area contributed by atoms with Crippen molar-refractivity contribution >= 4 is 16.9 Å². The Kier molecular flexibility index (Phi) is 3.61. The summed E-state index contributed by atoms with van der Waals surface area (Å²) >= 11 is 1.97. The van der Waals surface area contributed by atoms with Crippen molar-refractivity contribution < 1.29 is 0 Å². The van der Waals surface area contributed by atoms with Gasteiger partial charge in [0.25, 0.3) is 0 Å². The summed E-state index contributed by atoms with van der Waals surface area (Å²) in [6.45, 7) is 5.82. The molecule has 0 radical (unpaired) electrons. The minimum absolute atomic E-state index is 0.655. The van der Waals surface area contributed by atoms with E-state index in [0.717, 1.165) is 17.8 Å². The van der Waals surface area contributed by atoms with E-state index >= 15 is 0 Å². The fraction of sp³-hybridized carbons (Fsp3) is 0.923. The molecule has 1 saturated heterocycles. The first-order valence-corrected chi connectivity index (χ1v) is 7.95. The Hall–Kier alpha value is -0.220. The molecular weight excluding hydrogens is 230 g/mol. The van der Waals surface area contributed by atoms with Crippen LogP contribution < -0.4 is 5.32 Å². The maximum absolute atomic E-state index is 4.63. The third-order valence-corrected chi connectivity index (χ3v) is 5.13. The largest absolute Gasteiger partial charge is 0.361 e. The molecule has 96 valence electrons. The second kappa shape index (κ2) is 5.19. The van der Waals surface area contributed by atoms with E-state index in [2.05, 4.69) is 22.1 Å². The standard InChI is InChI=1S/C13H23N3S/c1-2-3-12-8-14-13(17-12)15-10-6-7-16(9-10)11-4-5-11/h10-12H,2-9H2,1H3,(H,14,15). The Bertz CT molecular complexity index is 301. The molecule has 2 heterocycles. The summed E-state index contributed by atoms with van der Waals surface area (Å²) < 4.78 is 0. The topological polar surface area (TPSA) is 27.6 Å². The number of thioether (sulfide) groups is 1. The molecule has 0 aromatic rings. The Balaban J connectivity index is 1.42. The van der Waals surface area contributed by atoms with E-state index in [1.54, 1.807) is 0 Å². The quantitative estimate of drug-likeness (QED) is 0.831. The number of nitrogens with zero attached hydrogens (tertiary/aromatic N) is 2. The van der Waals surface area contributed by atoms with E-state index < -0.39 is 0 Å². The molecule has 2 unspecified atom stereocenters. The molecule has 0 bridgehead atoms. The van der Waals surface area contributed by atoms with Gasteiger partial charge in [-0.1, -0.05) is 25.1 Å². The Morgan fingerprint density at radius 2 is 2.29 bits per heavy atom. The van der Waals surface area contributed by atoms with E-state index in [1.165, 1.54) is 50.4 Å². The van der Waals surface area contributed by atoms with E-state index in [9.17, 15) is 0 Å². The van der Waals surface area contributed by atoms with Crippen LogP contribution in [-0.4, -0.2) is 47.0 Å². The van der Waals surface area contributed by atoms with Crippen LogP contribution in [-0.2, 0) is 0 Å². The molecule has 2 fully saturated rings. The highest BCUT2D eigenvalue weighted by molar-refractivity contribution is 8.14. The smallest absolute Gasteiger partial charge is 0.157 e. The Morgan fingerprint density at radius 1 is 1.41 bits per heavy atom. The number of hydrogen-bond acceptors (Lipinski definition) is 4. The van der Waals surface area contributed by atoms with Crippen LogP contribution in [0.25, 0.3) is 0 Å². The number of nitrogens with one attached hydrogen (secondary N) is 1. The molecule has 0 aromatic heterocycles. The van der Waals surface area contributed by atoms with Gasteiger partial charge in [0.15, 0.2) is 5.17 Å². The molecule has 17 heavy (non-hydrogen) atoms. The minimum Gasteiger partial charge on any atom is -0.361 e. The zero-order valence-corrected chi connectivity index (χ0v) is 11.5. The second-order valence-electron chi connectivity index (χ2n) is 5.53. The van der Waals surface area contributed by atoms with Gasteiger partial charge in [0.05, 0.1) is 6.54 Å². The molecule has 0 aromatic carbocycles. The highest BCUT2D eigenvalue weighted by Gasteiger charge is 2.35. The van der Waals surface area contributed by atoms with Gasteiger partial charge in [-0.05, 0) is 25.7 Å². The number of aliphatic imine (C=N–C) groups is 1. The van der Waals surface area contributed by atoms with E-state index in [4.69, 9.17) is 0 Å². The molecule has 0 spiro atoms. The SMILES string of the molecule is CCCC1CN=C(NC2CCN(C3CC3)C2)S1. The number of hydrogen-bond donors (Lipinski definition) is 1. The summed E-state index contributed by atoms with van der Waals surface area (Å²) in [4.78, 5) is 7.29. The lowest BCUT2D eigenvalue weighted by Crippen LogP contribution is -2.35. The highest BCUT2D eigenvalue weighted by atomic mass is 32.2. The Labute approximate surface area is 108 Å². The summed E-state index contributed by atoms with van der Waals surface area (Å²) in [5.41, 5.74) is 0. The van der Waals surface area contributed by atoms with Gasteiger partial charge in [0.1, 0.15) is 0 Å². The lowest BCUT2D eigenvalue weighted by atomic mass is 10.2. The van der Waals surface area contributed by atoms with Gasteiger partial charge in [-0.3, -0.25) is 9.89 Å². The molecule has 1 saturated carbocycles. The van der Waals surface area contributed by atoms with Crippen LogP contribution >= 0.6 is 11.8 Å². The van der Waals surface area contributed by atoms with Gasteiger partial charge < -0.3 is 5.32 Å². The highest BCUT2D eigenvalue weighted by Crippen LogP contribution is 2.30. The molecule has 3 rings (SSSR count). The summed E-state index contributed by atoms with van der Waals surface area (Å²) in [5.74, 6) is 0. The summed E-state index contributed by atoms with van der Waals surface area (Å²) in [6.07, 6.45) is 6.74. The van der Waals surface area contributed by atoms with Crippen LogP contribution in [0.3, 0.4) is 0 Å². The van der Waals surface area contributed by atoms with Gasteiger partial charge in [-0.2, -0.15) is 0 Å². The third kappa shape index (κ3) is 2.97. The maximum atomic E-state index is 4.63. The minimum atomic E-state index is 0.655. The molecule has 1 N–H and O–H groups in total. The molecule has 3 aliphatic rings.